The van der Waals surface area contributed by atoms with Crippen molar-refractivity contribution in [3.05, 3.63) is 64.2 Å². The van der Waals surface area contributed by atoms with E-state index in [4.69, 9.17) is 18.9 Å². The first-order valence-electron chi connectivity index (χ1n) is 8.27. The largest absolute Gasteiger partial charge is 0.513 e. The van der Waals surface area contributed by atoms with Crippen LogP contribution in [0, 0.1) is 10.1 Å². The number of nitro benzene ring substituents is 1. The summed E-state index contributed by atoms with van der Waals surface area (Å²) >= 11 is 0. The molecular formula is C19H21NO7. The van der Waals surface area contributed by atoms with E-state index in [1.165, 1.54) is 24.3 Å². The highest BCUT2D eigenvalue weighted by atomic mass is 16.7. The zero-order chi connectivity index (χ0) is 19.8. The van der Waals surface area contributed by atoms with E-state index in [1.54, 1.807) is 14.0 Å². The lowest BCUT2D eigenvalue weighted by molar-refractivity contribution is -0.384. The van der Waals surface area contributed by atoms with E-state index in [2.05, 4.69) is 0 Å². The number of hydrogen-bond donors (Lipinski definition) is 0. The van der Waals surface area contributed by atoms with Crippen molar-refractivity contribution < 1.29 is 28.7 Å². The lowest BCUT2D eigenvalue weighted by Gasteiger charge is -2.19. The predicted octanol–water partition coefficient (Wildman–Crippen LogP) is 4.29. The van der Waals surface area contributed by atoms with Crippen LogP contribution in [0.4, 0.5) is 10.5 Å². The first kappa shape index (κ1) is 20.2. The van der Waals surface area contributed by atoms with E-state index < -0.39 is 11.1 Å². The maximum Gasteiger partial charge on any atom is 0.513 e. The van der Waals surface area contributed by atoms with Gasteiger partial charge in [-0.3, -0.25) is 10.1 Å². The highest BCUT2D eigenvalue weighted by molar-refractivity contribution is 5.64. The minimum absolute atomic E-state index is 0.00626. The molecule has 2 rings (SSSR count). The van der Waals surface area contributed by atoms with Crippen LogP contribution < -0.4 is 9.47 Å². The Balaban J connectivity index is 1.77. The molecule has 144 valence electrons. The van der Waals surface area contributed by atoms with Gasteiger partial charge in [-0.25, -0.2) is 4.79 Å². The quantitative estimate of drug-likeness (QED) is 0.294. The van der Waals surface area contributed by atoms with E-state index in [-0.39, 0.29) is 30.3 Å². The summed E-state index contributed by atoms with van der Waals surface area (Å²) in [6, 6.07) is 12.6. The van der Waals surface area contributed by atoms with E-state index in [9.17, 15) is 14.9 Å². The average molecular weight is 375 g/mol. The molecule has 0 amide bonds. The molecule has 0 aromatic heterocycles. The third-order valence-corrected chi connectivity index (χ3v) is 3.71. The number of nitrogens with zero attached hydrogens (tertiary/aromatic N) is 1. The minimum Gasteiger partial charge on any atom is -0.497 e. The Morgan fingerprint density at radius 3 is 2.19 bits per heavy atom. The lowest BCUT2D eigenvalue weighted by atomic mass is 10.1. The van der Waals surface area contributed by atoms with Gasteiger partial charge in [0.2, 0.25) is 0 Å². The number of benzene rings is 2. The van der Waals surface area contributed by atoms with Gasteiger partial charge in [0, 0.05) is 12.1 Å². The van der Waals surface area contributed by atoms with E-state index >= 15 is 0 Å². The highest BCUT2D eigenvalue weighted by Gasteiger charge is 2.15. The molecule has 0 radical (unpaired) electrons. The van der Waals surface area contributed by atoms with Crippen LogP contribution in [0.5, 0.6) is 11.5 Å². The second kappa shape index (κ2) is 9.54. The third kappa shape index (κ3) is 6.27. The van der Waals surface area contributed by atoms with Gasteiger partial charge >= 0.3 is 6.16 Å². The topological polar surface area (TPSA) is 97.1 Å². The van der Waals surface area contributed by atoms with Crippen molar-refractivity contribution in [3.63, 3.8) is 0 Å². The SMILES string of the molecule is COc1ccc(C(C)OC(C)COC(=O)Oc2ccc([N+](=O)[O-])cc2)cc1. The zero-order valence-corrected chi connectivity index (χ0v) is 15.3. The summed E-state index contributed by atoms with van der Waals surface area (Å²) in [5.74, 6) is 0.919. The standard InChI is InChI=1S/C19H21NO7/c1-13(26-14(2)15-4-8-17(24-3)9-5-15)12-25-19(21)27-18-10-6-16(7-11-18)20(22)23/h4-11,13-14H,12H2,1-3H3. The second-order valence-electron chi connectivity index (χ2n) is 5.78. The number of rotatable bonds is 8. The van der Waals surface area contributed by atoms with Crippen molar-refractivity contribution in [1.82, 2.24) is 0 Å². The van der Waals surface area contributed by atoms with Crippen LogP contribution >= 0.6 is 0 Å². The van der Waals surface area contributed by atoms with Gasteiger partial charge in [-0.2, -0.15) is 0 Å². The van der Waals surface area contributed by atoms with Gasteiger partial charge in [0.25, 0.3) is 5.69 Å². The molecule has 2 aromatic carbocycles. The summed E-state index contributed by atoms with van der Waals surface area (Å²) in [5.41, 5.74) is 0.876. The van der Waals surface area contributed by atoms with Gasteiger partial charge in [-0.05, 0) is 43.7 Å². The molecule has 2 aromatic rings. The number of carbonyl (C=O) groups is 1. The zero-order valence-electron chi connectivity index (χ0n) is 15.3. The third-order valence-electron chi connectivity index (χ3n) is 3.71. The monoisotopic (exact) mass is 375 g/mol. The Morgan fingerprint density at radius 2 is 1.63 bits per heavy atom. The fraction of sp³-hybridized carbons (Fsp3) is 0.316. The average Bonchev–Trinajstić information content (AvgIpc) is 2.67. The molecule has 2 unspecified atom stereocenters. The summed E-state index contributed by atoms with van der Waals surface area (Å²) in [5, 5.41) is 10.6. The summed E-state index contributed by atoms with van der Waals surface area (Å²) in [4.78, 5) is 21.8. The molecule has 0 N–H and O–H groups in total. The maximum atomic E-state index is 11.7. The Bertz CT molecular complexity index is 759. The van der Waals surface area contributed by atoms with Crippen LogP contribution in [0.3, 0.4) is 0 Å². The summed E-state index contributed by atoms with van der Waals surface area (Å²) in [6.07, 6.45) is -1.46. The van der Waals surface area contributed by atoms with Crippen molar-refractivity contribution in [3.8, 4) is 11.5 Å². The first-order valence-corrected chi connectivity index (χ1v) is 8.27. The molecule has 0 saturated heterocycles. The van der Waals surface area contributed by atoms with Crippen LogP contribution in [0.2, 0.25) is 0 Å². The van der Waals surface area contributed by atoms with E-state index in [1.807, 2.05) is 31.2 Å². The molecule has 0 aliphatic carbocycles. The van der Waals surface area contributed by atoms with Crippen LogP contribution in [0.15, 0.2) is 48.5 Å². The normalized spacial score (nSPS) is 12.7. The molecule has 8 heteroatoms. The number of methoxy groups -OCH3 is 1. The van der Waals surface area contributed by atoms with Gasteiger partial charge in [0.05, 0.1) is 24.2 Å². The second-order valence-corrected chi connectivity index (χ2v) is 5.78. The van der Waals surface area contributed by atoms with E-state index in [0.717, 1.165) is 11.3 Å². The molecule has 27 heavy (non-hydrogen) atoms. The smallest absolute Gasteiger partial charge is 0.497 e. The number of hydrogen-bond acceptors (Lipinski definition) is 7. The summed E-state index contributed by atoms with van der Waals surface area (Å²) < 4.78 is 20.9. The van der Waals surface area contributed by atoms with Gasteiger partial charge in [-0.1, -0.05) is 12.1 Å². The molecule has 2 atom stereocenters. The Labute approximate surface area is 156 Å². The molecule has 0 fully saturated rings. The molecule has 0 aliphatic heterocycles. The lowest BCUT2D eigenvalue weighted by Crippen LogP contribution is -2.22. The summed E-state index contributed by atoms with van der Waals surface area (Å²) in [6.45, 7) is 3.68. The minimum atomic E-state index is -0.906. The molecule has 0 saturated carbocycles. The fourth-order valence-corrected chi connectivity index (χ4v) is 2.29. The first-order chi connectivity index (χ1) is 12.9. The van der Waals surface area contributed by atoms with Crippen LogP contribution in [-0.4, -0.2) is 30.9 Å². The van der Waals surface area contributed by atoms with Crippen LogP contribution in [0.1, 0.15) is 25.5 Å². The van der Waals surface area contributed by atoms with Crippen molar-refractivity contribution >= 4 is 11.8 Å². The molecular weight excluding hydrogens is 354 g/mol. The predicted molar refractivity (Wildman–Crippen MR) is 97.0 cm³/mol. The Morgan fingerprint density at radius 1 is 1.04 bits per heavy atom. The number of non-ortho nitro benzene ring substituents is 1. The van der Waals surface area contributed by atoms with Crippen molar-refractivity contribution in [2.75, 3.05) is 13.7 Å². The van der Waals surface area contributed by atoms with Gasteiger partial charge < -0.3 is 18.9 Å². The van der Waals surface area contributed by atoms with Gasteiger partial charge in [-0.15, -0.1) is 0 Å². The van der Waals surface area contributed by atoms with E-state index in [0.29, 0.717) is 0 Å². The Hall–Kier alpha value is -3.13. The fourth-order valence-electron chi connectivity index (χ4n) is 2.29. The molecule has 8 nitrogen and oxygen atoms in total. The molecule has 0 heterocycles. The van der Waals surface area contributed by atoms with Gasteiger partial charge in [0.1, 0.15) is 18.1 Å². The molecule has 0 spiro atoms. The van der Waals surface area contributed by atoms with Crippen molar-refractivity contribution in [2.45, 2.75) is 26.1 Å². The van der Waals surface area contributed by atoms with Crippen molar-refractivity contribution in [2.24, 2.45) is 0 Å². The van der Waals surface area contributed by atoms with Crippen molar-refractivity contribution in [1.29, 1.82) is 0 Å². The molecule has 0 aliphatic rings. The van der Waals surface area contributed by atoms with Gasteiger partial charge in [0.15, 0.2) is 0 Å². The number of nitro groups is 1. The summed E-state index contributed by atoms with van der Waals surface area (Å²) in [7, 11) is 1.60. The number of ether oxygens (including phenoxy) is 4. The van der Waals surface area contributed by atoms with Crippen LogP contribution in [0.25, 0.3) is 0 Å². The highest BCUT2D eigenvalue weighted by Crippen LogP contribution is 2.22. The van der Waals surface area contributed by atoms with Crippen LogP contribution in [-0.2, 0) is 9.47 Å². The maximum absolute atomic E-state index is 11.7. The number of carbonyl (C=O) groups excluding carboxylic acids is 1. The Kier molecular flexibility index (Phi) is 7.13. The molecule has 0 bridgehead atoms.